The van der Waals surface area contributed by atoms with E-state index in [2.05, 4.69) is 18.2 Å². The van der Waals surface area contributed by atoms with Gasteiger partial charge in [0.25, 0.3) is 0 Å². The molecule has 1 aromatic heterocycles. The molecule has 3 aromatic rings. The zero-order chi connectivity index (χ0) is 18.5. The third-order valence-electron chi connectivity index (χ3n) is 4.10. The molecule has 26 heavy (non-hydrogen) atoms. The van der Waals surface area contributed by atoms with Crippen LogP contribution in [0.5, 0.6) is 0 Å². The van der Waals surface area contributed by atoms with Crippen molar-refractivity contribution in [2.24, 2.45) is 0 Å². The smallest absolute Gasteiger partial charge is 0.340 e. The van der Waals surface area contributed by atoms with E-state index in [0.717, 1.165) is 16.3 Å². The molecule has 0 aliphatic carbocycles. The molecular formula is C21H21NO4. The Kier molecular flexibility index (Phi) is 5.37. The molecule has 0 aliphatic heterocycles. The van der Waals surface area contributed by atoms with Gasteiger partial charge in [-0.25, -0.2) is 9.59 Å². The minimum atomic E-state index is -0.521. The fourth-order valence-corrected chi connectivity index (χ4v) is 2.97. The Hall–Kier alpha value is -3.08. The van der Waals surface area contributed by atoms with Crippen molar-refractivity contribution < 1.29 is 19.1 Å². The Morgan fingerprint density at radius 1 is 0.846 bits per heavy atom. The molecule has 0 spiro atoms. The van der Waals surface area contributed by atoms with Gasteiger partial charge >= 0.3 is 11.9 Å². The summed E-state index contributed by atoms with van der Waals surface area (Å²) in [6.07, 6.45) is 3.29. The Balaban J connectivity index is 1.98. The van der Waals surface area contributed by atoms with Gasteiger partial charge in [0.1, 0.15) is 0 Å². The van der Waals surface area contributed by atoms with E-state index in [4.69, 9.17) is 9.47 Å². The minimum absolute atomic E-state index is 0.227. The Morgan fingerprint density at radius 3 is 2.04 bits per heavy atom. The van der Waals surface area contributed by atoms with Crippen LogP contribution in [-0.4, -0.2) is 29.7 Å². The number of esters is 2. The Bertz CT molecular complexity index is 901. The highest BCUT2D eigenvalue weighted by molar-refractivity contribution is 6.03. The number of benzene rings is 2. The lowest BCUT2D eigenvalue weighted by Gasteiger charge is -2.07. The molecule has 5 heteroatoms. The zero-order valence-corrected chi connectivity index (χ0v) is 14.9. The molecule has 134 valence electrons. The van der Waals surface area contributed by atoms with Crippen molar-refractivity contribution in [3.8, 4) is 0 Å². The van der Waals surface area contributed by atoms with Crippen LogP contribution in [0.3, 0.4) is 0 Å². The molecule has 0 saturated carbocycles. The first-order chi connectivity index (χ1) is 12.6. The van der Waals surface area contributed by atoms with Gasteiger partial charge < -0.3 is 14.0 Å². The van der Waals surface area contributed by atoms with Crippen molar-refractivity contribution in [2.75, 3.05) is 13.2 Å². The van der Waals surface area contributed by atoms with Gasteiger partial charge in [0.15, 0.2) is 0 Å². The zero-order valence-electron chi connectivity index (χ0n) is 14.9. The van der Waals surface area contributed by atoms with Crippen LogP contribution >= 0.6 is 0 Å². The van der Waals surface area contributed by atoms with Crippen molar-refractivity contribution in [1.82, 2.24) is 4.57 Å². The topological polar surface area (TPSA) is 57.5 Å². The third-order valence-corrected chi connectivity index (χ3v) is 4.10. The summed E-state index contributed by atoms with van der Waals surface area (Å²) >= 11 is 0. The average molecular weight is 351 g/mol. The second-order valence-electron chi connectivity index (χ2n) is 5.84. The van der Waals surface area contributed by atoms with Crippen LogP contribution in [-0.2, 0) is 16.0 Å². The number of hydrogen-bond acceptors (Lipinski definition) is 4. The molecule has 0 fully saturated rings. The number of rotatable bonds is 6. The average Bonchev–Trinajstić information content (AvgIpc) is 3.07. The van der Waals surface area contributed by atoms with Crippen molar-refractivity contribution in [3.63, 3.8) is 0 Å². The molecule has 3 rings (SSSR count). The number of carbonyl (C=O) groups excluding carboxylic acids is 2. The molecule has 2 aromatic carbocycles. The molecule has 0 amide bonds. The summed E-state index contributed by atoms with van der Waals surface area (Å²) in [5.74, 6) is -1.04. The lowest BCUT2D eigenvalue weighted by atomic mass is 10.0. The largest absolute Gasteiger partial charge is 0.462 e. The standard InChI is InChI=1S/C21H21NO4/c1-3-25-20(23)18-13-22(14-19(18)21(24)26-4-2)12-16-10-7-9-15-8-5-6-11-17(15)16/h5-11,13-14H,3-4,12H2,1-2H3. The SMILES string of the molecule is CCOC(=O)c1cn(Cc2cccc3ccccc23)cc1C(=O)OCC. The van der Waals surface area contributed by atoms with Crippen LogP contribution in [0, 0.1) is 0 Å². The fourth-order valence-electron chi connectivity index (χ4n) is 2.97. The van der Waals surface area contributed by atoms with Crippen LogP contribution < -0.4 is 0 Å². The van der Waals surface area contributed by atoms with Crippen LogP contribution in [0.4, 0.5) is 0 Å². The van der Waals surface area contributed by atoms with Crippen molar-refractivity contribution in [3.05, 3.63) is 71.5 Å². The summed E-state index contributed by atoms with van der Waals surface area (Å²) in [7, 11) is 0. The highest BCUT2D eigenvalue weighted by atomic mass is 16.5. The molecule has 0 bridgehead atoms. The van der Waals surface area contributed by atoms with E-state index in [1.54, 1.807) is 26.2 Å². The van der Waals surface area contributed by atoms with Gasteiger partial charge in [-0.15, -0.1) is 0 Å². The molecule has 5 nitrogen and oxygen atoms in total. The lowest BCUT2D eigenvalue weighted by molar-refractivity contribution is 0.0480. The van der Waals surface area contributed by atoms with Gasteiger partial charge in [-0.3, -0.25) is 0 Å². The highest BCUT2D eigenvalue weighted by Gasteiger charge is 2.22. The van der Waals surface area contributed by atoms with E-state index in [1.165, 1.54) is 0 Å². The first-order valence-electron chi connectivity index (χ1n) is 8.64. The number of fused-ring (bicyclic) bond motifs is 1. The van der Waals surface area contributed by atoms with Crippen LogP contribution in [0.15, 0.2) is 54.9 Å². The van der Waals surface area contributed by atoms with Gasteiger partial charge in [0.05, 0.1) is 24.3 Å². The van der Waals surface area contributed by atoms with Crippen molar-refractivity contribution >= 4 is 22.7 Å². The van der Waals surface area contributed by atoms with E-state index in [9.17, 15) is 9.59 Å². The molecular weight excluding hydrogens is 330 g/mol. The van der Waals surface area contributed by atoms with E-state index in [-0.39, 0.29) is 24.3 Å². The first kappa shape index (κ1) is 17.7. The van der Waals surface area contributed by atoms with Crippen LogP contribution in [0.1, 0.15) is 40.1 Å². The maximum atomic E-state index is 12.2. The van der Waals surface area contributed by atoms with Crippen LogP contribution in [0.25, 0.3) is 10.8 Å². The third kappa shape index (κ3) is 3.61. The monoisotopic (exact) mass is 351 g/mol. The fraction of sp³-hybridized carbons (Fsp3) is 0.238. The summed E-state index contributed by atoms with van der Waals surface area (Å²) < 4.78 is 12.0. The Morgan fingerprint density at radius 2 is 1.42 bits per heavy atom. The molecule has 0 atom stereocenters. The summed E-state index contributed by atoms with van der Waals surface area (Å²) in [5, 5.41) is 2.28. The summed E-state index contributed by atoms with van der Waals surface area (Å²) in [6.45, 7) is 4.49. The second kappa shape index (κ2) is 7.87. The van der Waals surface area contributed by atoms with E-state index in [0.29, 0.717) is 6.54 Å². The van der Waals surface area contributed by atoms with E-state index < -0.39 is 11.9 Å². The minimum Gasteiger partial charge on any atom is -0.462 e. The Labute approximate surface area is 152 Å². The van der Waals surface area contributed by atoms with E-state index >= 15 is 0 Å². The van der Waals surface area contributed by atoms with Gasteiger partial charge in [-0.2, -0.15) is 0 Å². The summed E-state index contributed by atoms with van der Waals surface area (Å²) in [6, 6.07) is 14.2. The predicted molar refractivity (Wildman–Crippen MR) is 99.4 cm³/mol. The molecule has 0 unspecified atom stereocenters. The number of aromatic nitrogens is 1. The molecule has 0 radical (unpaired) electrons. The normalized spacial score (nSPS) is 10.7. The first-order valence-corrected chi connectivity index (χ1v) is 8.64. The van der Waals surface area contributed by atoms with Crippen molar-refractivity contribution in [1.29, 1.82) is 0 Å². The summed E-state index contributed by atoms with van der Waals surface area (Å²) in [5.41, 5.74) is 1.56. The number of ether oxygens (including phenoxy) is 2. The maximum Gasteiger partial charge on any atom is 0.340 e. The summed E-state index contributed by atoms with van der Waals surface area (Å²) in [4.78, 5) is 24.4. The lowest BCUT2D eigenvalue weighted by Crippen LogP contribution is -2.11. The number of nitrogens with zero attached hydrogens (tertiary/aromatic N) is 1. The number of hydrogen-bond donors (Lipinski definition) is 0. The van der Waals surface area contributed by atoms with Crippen molar-refractivity contribution in [2.45, 2.75) is 20.4 Å². The van der Waals surface area contributed by atoms with Gasteiger partial charge in [-0.1, -0.05) is 42.5 Å². The maximum absolute atomic E-state index is 12.2. The number of carbonyl (C=O) groups is 2. The molecule has 0 N–H and O–H groups in total. The molecule has 0 saturated heterocycles. The highest BCUT2D eigenvalue weighted by Crippen LogP contribution is 2.21. The predicted octanol–water partition coefficient (Wildman–Crippen LogP) is 4.04. The second-order valence-corrected chi connectivity index (χ2v) is 5.84. The van der Waals surface area contributed by atoms with Gasteiger partial charge in [0, 0.05) is 18.9 Å². The quantitative estimate of drug-likeness (QED) is 0.629. The van der Waals surface area contributed by atoms with Gasteiger partial charge in [0.2, 0.25) is 0 Å². The molecule has 1 heterocycles. The van der Waals surface area contributed by atoms with E-state index in [1.807, 2.05) is 28.8 Å². The van der Waals surface area contributed by atoms with Gasteiger partial charge in [-0.05, 0) is 30.2 Å². The van der Waals surface area contributed by atoms with Crippen LogP contribution in [0.2, 0.25) is 0 Å². The molecule has 0 aliphatic rings.